The van der Waals surface area contributed by atoms with E-state index in [-0.39, 0.29) is 16.6 Å². The largest absolute Gasteiger partial charge is 0.486 e. The molecule has 2 aliphatic heterocycles. The SMILES string of the molecule is O=C(c1nc(N2CCCC2)ncc1Cl)N(Cc1cccs1)c1ccc2c(c1)OCCO2. The topological polar surface area (TPSA) is 67.8 Å². The lowest BCUT2D eigenvalue weighted by molar-refractivity contribution is 0.0980. The van der Waals surface area contributed by atoms with Gasteiger partial charge in [0.25, 0.3) is 5.91 Å². The molecule has 1 saturated heterocycles. The highest BCUT2D eigenvalue weighted by molar-refractivity contribution is 7.09. The number of amides is 1. The van der Waals surface area contributed by atoms with Crippen LogP contribution < -0.4 is 19.3 Å². The number of hydrogen-bond donors (Lipinski definition) is 0. The summed E-state index contributed by atoms with van der Waals surface area (Å²) in [6.45, 7) is 3.16. The van der Waals surface area contributed by atoms with Crippen LogP contribution in [-0.4, -0.2) is 42.2 Å². The van der Waals surface area contributed by atoms with E-state index in [1.54, 1.807) is 16.2 Å². The van der Waals surface area contributed by atoms with Gasteiger partial charge in [0.2, 0.25) is 5.95 Å². The fraction of sp³-hybridized carbons (Fsp3) is 0.318. The first-order chi connectivity index (χ1) is 15.2. The van der Waals surface area contributed by atoms with E-state index in [1.165, 1.54) is 6.20 Å². The number of rotatable bonds is 5. The maximum atomic E-state index is 13.7. The molecule has 1 aromatic carbocycles. The van der Waals surface area contributed by atoms with Crippen molar-refractivity contribution in [3.63, 3.8) is 0 Å². The molecule has 5 rings (SSSR count). The number of ether oxygens (including phenoxy) is 2. The second-order valence-corrected chi connectivity index (χ2v) is 8.80. The van der Waals surface area contributed by atoms with Crippen molar-refractivity contribution in [1.29, 1.82) is 0 Å². The Morgan fingerprint density at radius 1 is 1.16 bits per heavy atom. The third-order valence-electron chi connectivity index (χ3n) is 5.30. The Labute approximate surface area is 189 Å². The Balaban J connectivity index is 1.52. The molecular formula is C22H21ClN4O3S. The van der Waals surface area contributed by atoms with Gasteiger partial charge in [-0.25, -0.2) is 9.97 Å². The quantitative estimate of drug-likeness (QED) is 0.566. The Morgan fingerprint density at radius 3 is 2.74 bits per heavy atom. The van der Waals surface area contributed by atoms with Crippen LogP contribution in [0.3, 0.4) is 0 Å². The lowest BCUT2D eigenvalue weighted by atomic mass is 10.2. The molecule has 0 radical (unpaired) electrons. The third kappa shape index (κ3) is 4.18. The van der Waals surface area contributed by atoms with E-state index in [4.69, 9.17) is 21.1 Å². The number of anilines is 2. The minimum Gasteiger partial charge on any atom is -0.486 e. The maximum absolute atomic E-state index is 13.7. The predicted octanol–water partition coefficient (Wildman–Crippen LogP) is 4.41. The van der Waals surface area contributed by atoms with Crippen molar-refractivity contribution in [3.05, 3.63) is 57.5 Å². The van der Waals surface area contributed by atoms with Gasteiger partial charge in [0.1, 0.15) is 13.2 Å². The second-order valence-electron chi connectivity index (χ2n) is 7.36. The molecular weight excluding hydrogens is 436 g/mol. The summed E-state index contributed by atoms with van der Waals surface area (Å²) in [5.41, 5.74) is 0.894. The summed E-state index contributed by atoms with van der Waals surface area (Å²) in [4.78, 5) is 27.4. The summed E-state index contributed by atoms with van der Waals surface area (Å²) in [5.74, 6) is 1.57. The standard InChI is InChI=1S/C22H21ClN4O3S/c23-17-13-24-22(26-7-1-2-8-26)25-20(17)21(28)27(14-16-4-3-11-31-16)15-5-6-18-19(12-15)30-10-9-29-18/h3-6,11-13H,1-2,7-10,14H2. The molecule has 2 aliphatic rings. The van der Waals surface area contributed by atoms with Gasteiger partial charge in [0.05, 0.1) is 17.8 Å². The Morgan fingerprint density at radius 2 is 1.97 bits per heavy atom. The molecule has 4 heterocycles. The van der Waals surface area contributed by atoms with Crippen LogP contribution in [0.25, 0.3) is 0 Å². The van der Waals surface area contributed by atoms with Crippen LogP contribution in [0.2, 0.25) is 5.02 Å². The van der Waals surface area contributed by atoms with E-state index >= 15 is 0 Å². The summed E-state index contributed by atoms with van der Waals surface area (Å²) in [6.07, 6.45) is 3.70. The van der Waals surface area contributed by atoms with Crippen LogP contribution in [0.15, 0.2) is 41.9 Å². The molecule has 160 valence electrons. The average Bonchev–Trinajstić information content (AvgIpc) is 3.51. The van der Waals surface area contributed by atoms with Crippen molar-refractivity contribution in [3.8, 4) is 11.5 Å². The second kappa shape index (κ2) is 8.72. The van der Waals surface area contributed by atoms with Gasteiger partial charge in [0, 0.05) is 29.7 Å². The molecule has 9 heteroatoms. The van der Waals surface area contributed by atoms with Gasteiger partial charge >= 0.3 is 0 Å². The molecule has 1 fully saturated rings. The fourth-order valence-corrected chi connectivity index (χ4v) is 4.61. The highest BCUT2D eigenvalue weighted by atomic mass is 35.5. The average molecular weight is 457 g/mol. The van der Waals surface area contributed by atoms with Crippen LogP contribution in [0.4, 0.5) is 11.6 Å². The molecule has 0 unspecified atom stereocenters. The Hall–Kier alpha value is -2.84. The van der Waals surface area contributed by atoms with Crippen LogP contribution in [0, 0.1) is 0 Å². The van der Waals surface area contributed by atoms with E-state index in [2.05, 4.69) is 14.9 Å². The fourth-order valence-electron chi connectivity index (χ4n) is 3.74. The number of aromatic nitrogens is 2. The van der Waals surface area contributed by atoms with Crippen LogP contribution in [0.1, 0.15) is 28.2 Å². The molecule has 2 aromatic heterocycles. The highest BCUT2D eigenvalue weighted by Gasteiger charge is 2.26. The minimum atomic E-state index is -0.280. The molecule has 0 atom stereocenters. The molecule has 3 aromatic rings. The lowest BCUT2D eigenvalue weighted by Crippen LogP contribution is -2.32. The van der Waals surface area contributed by atoms with Crippen molar-refractivity contribution < 1.29 is 14.3 Å². The zero-order valence-corrected chi connectivity index (χ0v) is 18.4. The third-order valence-corrected chi connectivity index (χ3v) is 6.44. The van der Waals surface area contributed by atoms with Gasteiger partial charge in [-0.05, 0) is 36.4 Å². The summed E-state index contributed by atoms with van der Waals surface area (Å²) in [7, 11) is 0. The molecule has 1 amide bonds. The van der Waals surface area contributed by atoms with Crippen molar-refractivity contribution in [2.24, 2.45) is 0 Å². The highest BCUT2D eigenvalue weighted by Crippen LogP contribution is 2.35. The van der Waals surface area contributed by atoms with Gasteiger partial charge in [-0.15, -0.1) is 11.3 Å². The number of thiophene rings is 1. The molecule has 0 N–H and O–H groups in total. The number of carbonyl (C=O) groups excluding carboxylic acids is 1. The summed E-state index contributed by atoms with van der Waals surface area (Å²) in [5, 5.41) is 2.23. The number of carbonyl (C=O) groups is 1. The first-order valence-corrected chi connectivity index (χ1v) is 11.5. The zero-order valence-electron chi connectivity index (χ0n) is 16.8. The van der Waals surface area contributed by atoms with E-state index < -0.39 is 0 Å². The van der Waals surface area contributed by atoms with Crippen LogP contribution >= 0.6 is 22.9 Å². The van der Waals surface area contributed by atoms with Gasteiger partial charge < -0.3 is 19.3 Å². The molecule has 7 nitrogen and oxygen atoms in total. The molecule has 0 bridgehead atoms. The van der Waals surface area contributed by atoms with Crippen molar-refractivity contribution in [1.82, 2.24) is 9.97 Å². The van der Waals surface area contributed by atoms with Crippen molar-refractivity contribution in [2.45, 2.75) is 19.4 Å². The number of hydrogen-bond acceptors (Lipinski definition) is 7. The summed E-state index contributed by atoms with van der Waals surface area (Å²) >= 11 is 7.98. The van der Waals surface area contributed by atoms with Gasteiger partial charge in [-0.2, -0.15) is 0 Å². The molecule has 31 heavy (non-hydrogen) atoms. The van der Waals surface area contributed by atoms with E-state index in [0.717, 1.165) is 30.8 Å². The molecule has 0 spiro atoms. The number of halogens is 1. The van der Waals surface area contributed by atoms with Crippen molar-refractivity contribution in [2.75, 3.05) is 36.1 Å². The normalized spacial score (nSPS) is 15.2. The van der Waals surface area contributed by atoms with Gasteiger partial charge in [-0.1, -0.05) is 17.7 Å². The lowest BCUT2D eigenvalue weighted by Gasteiger charge is -2.25. The Bertz CT molecular complexity index is 1090. The van der Waals surface area contributed by atoms with Crippen LogP contribution in [0.5, 0.6) is 11.5 Å². The minimum absolute atomic E-state index is 0.199. The van der Waals surface area contributed by atoms with Crippen LogP contribution in [-0.2, 0) is 6.54 Å². The zero-order chi connectivity index (χ0) is 21.2. The van der Waals surface area contributed by atoms with Gasteiger partial charge in [-0.3, -0.25) is 4.79 Å². The first-order valence-electron chi connectivity index (χ1n) is 10.2. The Kier molecular flexibility index (Phi) is 5.65. The monoisotopic (exact) mass is 456 g/mol. The van der Waals surface area contributed by atoms with E-state index in [0.29, 0.717) is 42.9 Å². The summed E-state index contributed by atoms with van der Waals surface area (Å²) in [6, 6.07) is 9.48. The number of nitrogens with zero attached hydrogens (tertiary/aromatic N) is 4. The molecule has 0 aliphatic carbocycles. The predicted molar refractivity (Wildman–Crippen MR) is 121 cm³/mol. The van der Waals surface area contributed by atoms with Crippen molar-refractivity contribution >= 4 is 40.5 Å². The van der Waals surface area contributed by atoms with Gasteiger partial charge in [0.15, 0.2) is 17.2 Å². The van der Waals surface area contributed by atoms with E-state index in [9.17, 15) is 4.79 Å². The molecule has 0 saturated carbocycles. The summed E-state index contributed by atoms with van der Waals surface area (Å²) < 4.78 is 11.4. The maximum Gasteiger partial charge on any atom is 0.278 e. The number of fused-ring (bicyclic) bond motifs is 1. The number of benzene rings is 1. The smallest absolute Gasteiger partial charge is 0.278 e. The van der Waals surface area contributed by atoms with E-state index in [1.807, 2.05) is 35.7 Å². The first kappa shape index (κ1) is 20.1.